The molecule has 0 spiro atoms. The summed E-state index contributed by atoms with van der Waals surface area (Å²) < 4.78 is 1.12. The number of nitrogens with one attached hydrogen (secondary N) is 1. The van der Waals surface area contributed by atoms with Gasteiger partial charge in [-0.2, -0.15) is 0 Å². The molecule has 0 unspecified atom stereocenters. The van der Waals surface area contributed by atoms with Crippen molar-refractivity contribution in [3.05, 3.63) is 69.7 Å². The summed E-state index contributed by atoms with van der Waals surface area (Å²) in [5, 5.41) is 17.9. The first-order valence-corrected chi connectivity index (χ1v) is 10.8. The summed E-state index contributed by atoms with van der Waals surface area (Å²) in [4.78, 5) is 33.0. The molecule has 1 aliphatic heterocycles. The van der Waals surface area contributed by atoms with Gasteiger partial charge in [0.1, 0.15) is 0 Å². The number of benzene rings is 2. The number of carboxylic acids is 2. The van der Waals surface area contributed by atoms with Crippen molar-refractivity contribution in [2.45, 2.75) is 32.9 Å². The molecule has 1 aliphatic rings. The Labute approximate surface area is 190 Å². The monoisotopic (exact) mass is 490 g/mol. The maximum Gasteiger partial charge on any atom is 0.414 e. The Morgan fingerprint density at radius 3 is 2.16 bits per heavy atom. The van der Waals surface area contributed by atoms with Crippen LogP contribution in [0.3, 0.4) is 0 Å². The van der Waals surface area contributed by atoms with Crippen LogP contribution >= 0.6 is 15.9 Å². The van der Waals surface area contributed by atoms with E-state index in [1.165, 1.54) is 11.1 Å². The first-order chi connectivity index (χ1) is 14.7. The van der Waals surface area contributed by atoms with Gasteiger partial charge in [0.05, 0.1) is 0 Å². The van der Waals surface area contributed by atoms with E-state index in [-0.39, 0.29) is 11.8 Å². The zero-order valence-electron chi connectivity index (χ0n) is 17.4. The predicted molar refractivity (Wildman–Crippen MR) is 120 cm³/mol. The zero-order valence-corrected chi connectivity index (χ0v) is 19.0. The number of likely N-dealkylation sites (tertiary alicyclic amines) is 1. The molecule has 1 fully saturated rings. The molecule has 0 atom stereocenters. The number of hydrogen-bond acceptors (Lipinski definition) is 4. The Bertz CT molecular complexity index is 881. The van der Waals surface area contributed by atoms with E-state index in [0.717, 1.165) is 42.5 Å². The summed E-state index contributed by atoms with van der Waals surface area (Å²) in [6.45, 7) is 5.61. The van der Waals surface area contributed by atoms with Crippen LogP contribution in [0, 0.1) is 12.8 Å². The number of hydrogen-bond donors (Lipinski definition) is 3. The lowest BCUT2D eigenvalue weighted by Crippen LogP contribution is -2.40. The summed E-state index contributed by atoms with van der Waals surface area (Å²) in [7, 11) is 0. The van der Waals surface area contributed by atoms with E-state index < -0.39 is 11.9 Å². The second-order valence-corrected chi connectivity index (χ2v) is 8.41. The van der Waals surface area contributed by atoms with Crippen LogP contribution in [0.25, 0.3) is 0 Å². The Morgan fingerprint density at radius 2 is 1.61 bits per heavy atom. The number of carboxylic acid groups (broad SMARTS) is 2. The minimum absolute atomic E-state index is 0.143. The highest BCUT2D eigenvalue weighted by Gasteiger charge is 2.24. The topological polar surface area (TPSA) is 107 Å². The molecule has 0 bridgehead atoms. The minimum Gasteiger partial charge on any atom is -0.473 e. The maximum atomic E-state index is 12.4. The first kappa shape index (κ1) is 24.6. The molecular weight excluding hydrogens is 464 g/mol. The zero-order chi connectivity index (χ0) is 22.8. The normalized spacial score (nSPS) is 14.3. The predicted octanol–water partition coefficient (Wildman–Crippen LogP) is 3.44. The van der Waals surface area contributed by atoms with Crippen molar-refractivity contribution >= 4 is 33.8 Å². The molecule has 1 heterocycles. The number of nitrogens with zero attached hydrogens (tertiary/aromatic N) is 1. The minimum atomic E-state index is -1.82. The maximum absolute atomic E-state index is 12.4. The van der Waals surface area contributed by atoms with Gasteiger partial charge in [0.2, 0.25) is 5.91 Å². The van der Waals surface area contributed by atoms with E-state index in [9.17, 15) is 4.79 Å². The molecular formula is C23H27BrN2O5. The molecule has 1 saturated heterocycles. The Kier molecular flexibility index (Phi) is 9.68. The van der Waals surface area contributed by atoms with Crippen LogP contribution in [0.2, 0.25) is 0 Å². The van der Waals surface area contributed by atoms with Crippen LogP contribution in [0.4, 0.5) is 0 Å². The van der Waals surface area contributed by atoms with Gasteiger partial charge in [-0.25, -0.2) is 9.59 Å². The number of carbonyl (C=O) groups excluding carboxylic acids is 1. The highest BCUT2D eigenvalue weighted by molar-refractivity contribution is 9.10. The Morgan fingerprint density at radius 1 is 1.00 bits per heavy atom. The van der Waals surface area contributed by atoms with Crippen LogP contribution in [0.15, 0.2) is 53.0 Å². The highest BCUT2D eigenvalue weighted by atomic mass is 79.9. The molecule has 8 heteroatoms. The molecule has 7 nitrogen and oxygen atoms in total. The van der Waals surface area contributed by atoms with Crippen molar-refractivity contribution in [3.63, 3.8) is 0 Å². The molecule has 2 aromatic carbocycles. The fourth-order valence-electron chi connectivity index (χ4n) is 3.29. The molecule has 0 aliphatic carbocycles. The third-order valence-electron chi connectivity index (χ3n) is 5.02. The number of halogens is 1. The van der Waals surface area contributed by atoms with Crippen LogP contribution in [-0.4, -0.2) is 46.0 Å². The van der Waals surface area contributed by atoms with E-state index in [2.05, 4.69) is 75.5 Å². The van der Waals surface area contributed by atoms with E-state index in [1.807, 2.05) is 6.07 Å². The SMILES string of the molecule is Cc1ccc(CNC(=O)C2CCN(Cc3cccc(Br)c3)CC2)cc1.O=C(O)C(=O)O. The van der Waals surface area contributed by atoms with Crippen LogP contribution < -0.4 is 5.32 Å². The lowest BCUT2D eigenvalue weighted by atomic mass is 9.95. The van der Waals surface area contributed by atoms with Crippen molar-refractivity contribution in [3.8, 4) is 0 Å². The smallest absolute Gasteiger partial charge is 0.414 e. The second-order valence-electron chi connectivity index (χ2n) is 7.49. The van der Waals surface area contributed by atoms with Crippen LogP contribution in [0.5, 0.6) is 0 Å². The number of carbonyl (C=O) groups is 3. The number of piperidine rings is 1. The average Bonchev–Trinajstić information content (AvgIpc) is 2.74. The molecule has 2 aromatic rings. The number of aryl methyl sites for hydroxylation is 1. The summed E-state index contributed by atoms with van der Waals surface area (Å²) in [5.74, 6) is -3.31. The first-order valence-electron chi connectivity index (χ1n) is 10.0. The molecule has 3 N–H and O–H groups in total. The van der Waals surface area contributed by atoms with Gasteiger partial charge >= 0.3 is 11.9 Å². The molecule has 0 aromatic heterocycles. The molecule has 31 heavy (non-hydrogen) atoms. The summed E-state index contributed by atoms with van der Waals surface area (Å²) >= 11 is 3.52. The van der Waals surface area contributed by atoms with E-state index in [0.29, 0.717) is 6.54 Å². The van der Waals surface area contributed by atoms with Gasteiger partial charge in [0.15, 0.2) is 0 Å². The Hall–Kier alpha value is -2.71. The highest BCUT2D eigenvalue weighted by Crippen LogP contribution is 2.20. The molecule has 0 radical (unpaired) electrons. The van der Waals surface area contributed by atoms with Crippen molar-refractivity contribution in [2.24, 2.45) is 5.92 Å². The largest absolute Gasteiger partial charge is 0.473 e. The average molecular weight is 491 g/mol. The van der Waals surface area contributed by atoms with E-state index in [1.54, 1.807) is 0 Å². The van der Waals surface area contributed by atoms with E-state index in [4.69, 9.17) is 19.8 Å². The van der Waals surface area contributed by atoms with Gasteiger partial charge in [-0.1, -0.05) is 57.9 Å². The van der Waals surface area contributed by atoms with Crippen molar-refractivity contribution < 1.29 is 24.6 Å². The number of aliphatic carboxylic acids is 2. The third-order valence-corrected chi connectivity index (χ3v) is 5.52. The molecule has 0 saturated carbocycles. The Balaban J connectivity index is 0.000000501. The third kappa shape index (κ3) is 8.90. The quantitative estimate of drug-likeness (QED) is 0.554. The van der Waals surface area contributed by atoms with Crippen molar-refractivity contribution in [2.75, 3.05) is 13.1 Å². The van der Waals surface area contributed by atoms with Crippen LogP contribution in [0.1, 0.15) is 29.5 Å². The fourth-order valence-corrected chi connectivity index (χ4v) is 3.73. The lowest BCUT2D eigenvalue weighted by molar-refractivity contribution is -0.159. The van der Waals surface area contributed by atoms with Gasteiger partial charge in [0.25, 0.3) is 0 Å². The van der Waals surface area contributed by atoms with Crippen molar-refractivity contribution in [1.29, 1.82) is 0 Å². The summed E-state index contributed by atoms with van der Waals surface area (Å²) in [5.41, 5.74) is 3.72. The summed E-state index contributed by atoms with van der Waals surface area (Å²) in [6.07, 6.45) is 1.88. The van der Waals surface area contributed by atoms with E-state index >= 15 is 0 Å². The van der Waals surface area contributed by atoms with Gasteiger partial charge in [-0.3, -0.25) is 9.69 Å². The van der Waals surface area contributed by atoms with Gasteiger partial charge in [0, 0.05) is 23.5 Å². The number of rotatable bonds is 5. The standard InChI is InChI=1S/C21H25BrN2O.C2H2O4/c1-16-5-7-17(8-6-16)14-23-21(25)19-9-11-24(12-10-19)15-18-3-2-4-20(22)13-18;3-1(4)2(5)6/h2-8,13,19H,9-12,14-15H2,1H3,(H,23,25);(H,3,4)(H,5,6). The molecule has 1 amide bonds. The number of amides is 1. The van der Waals surface area contributed by atoms with Gasteiger partial charge < -0.3 is 15.5 Å². The van der Waals surface area contributed by atoms with Gasteiger partial charge in [-0.15, -0.1) is 0 Å². The van der Waals surface area contributed by atoms with Crippen molar-refractivity contribution in [1.82, 2.24) is 10.2 Å². The van der Waals surface area contributed by atoms with Crippen LogP contribution in [-0.2, 0) is 27.5 Å². The summed E-state index contributed by atoms with van der Waals surface area (Å²) in [6, 6.07) is 16.8. The lowest BCUT2D eigenvalue weighted by Gasteiger charge is -2.31. The fraction of sp³-hybridized carbons (Fsp3) is 0.348. The molecule has 3 rings (SSSR count). The van der Waals surface area contributed by atoms with Gasteiger partial charge in [-0.05, 0) is 56.1 Å². The molecule has 166 valence electrons. The second kappa shape index (κ2) is 12.2.